The van der Waals surface area contributed by atoms with Crippen LogP contribution in [0.25, 0.3) is 0 Å². The third-order valence-electron chi connectivity index (χ3n) is 2.68. The summed E-state index contributed by atoms with van der Waals surface area (Å²) in [6, 6.07) is 1.75. The van der Waals surface area contributed by atoms with Crippen molar-refractivity contribution in [1.29, 1.82) is 0 Å². The zero-order valence-electron chi connectivity index (χ0n) is 10.4. The van der Waals surface area contributed by atoms with Gasteiger partial charge >= 0.3 is 5.69 Å². The molecule has 2 aromatic rings. The van der Waals surface area contributed by atoms with Crippen LogP contribution in [0.3, 0.4) is 0 Å². The van der Waals surface area contributed by atoms with Crippen LogP contribution in [0.4, 0.5) is 5.69 Å². The van der Waals surface area contributed by atoms with Crippen LogP contribution in [0.5, 0.6) is 0 Å². The van der Waals surface area contributed by atoms with E-state index in [0.717, 1.165) is 11.9 Å². The van der Waals surface area contributed by atoms with Gasteiger partial charge in [-0.25, -0.2) is 0 Å². The molecular formula is C10H12N6O3. The average molecular weight is 264 g/mol. The highest BCUT2D eigenvalue weighted by molar-refractivity contribution is 5.96. The predicted molar refractivity (Wildman–Crippen MR) is 64.2 cm³/mol. The lowest BCUT2D eigenvalue weighted by molar-refractivity contribution is -0.385. The number of aryl methyl sites for hydroxylation is 2. The lowest BCUT2D eigenvalue weighted by Crippen LogP contribution is -2.26. The molecule has 19 heavy (non-hydrogen) atoms. The molecule has 0 aliphatic rings. The third-order valence-corrected chi connectivity index (χ3v) is 2.68. The summed E-state index contributed by atoms with van der Waals surface area (Å²) in [6.07, 6.45) is 2.66. The van der Waals surface area contributed by atoms with Crippen LogP contribution in [0.2, 0.25) is 0 Å². The van der Waals surface area contributed by atoms with E-state index in [1.54, 1.807) is 24.0 Å². The van der Waals surface area contributed by atoms with E-state index in [1.807, 2.05) is 0 Å². The van der Waals surface area contributed by atoms with Gasteiger partial charge in [-0.3, -0.25) is 24.3 Å². The molecule has 0 aliphatic heterocycles. The first-order chi connectivity index (χ1) is 9.00. The Bertz CT molecular complexity index is 629. The summed E-state index contributed by atoms with van der Waals surface area (Å²) in [4.78, 5) is 22.1. The molecule has 100 valence electrons. The van der Waals surface area contributed by atoms with E-state index in [-0.39, 0.29) is 17.9 Å². The number of carbonyl (C=O) groups excluding carboxylic acids is 1. The molecule has 0 atom stereocenters. The van der Waals surface area contributed by atoms with Gasteiger partial charge in [0.15, 0.2) is 0 Å². The summed E-state index contributed by atoms with van der Waals surface area (Å²) >= 11 is 0. The topological polar surface area (TPSA) is 108 Å². The molecule has 0 aromatic carbocycles. The Balaban J connectivity index is 2.14. The van der Waals surface area contributed by atoms with Crippen LogP contribution in [0.1, 0.15) is 16.2 Å². The second kappa shape index (κ2) is 4.88. The van der Waals surface area contributed by atoms with Gasteiger partial charge in [-0.1, -0.05) is 0 Å². The molecule has 1 amide bonds. The molecule has 0 saturated heterocycles. The largest absolute Gasteiger partial charge is 0.345 e. The predicted octanol–water partition coefficient (Wildman–Crippen LogP) is -0.00820. The van der Waals surface area contributed by atoms with E-state index < -0.39 is 10.8 Å². The van der Waals surface area contributed by atoms with E-state index >= 15 is 0 Å². The van der Waals surface area contributed by atoms with Crippen LogP contribution in [0.15, 0.2) is 18.5 Å². The number of hydrogen-bond acceptors (Lipinski definition) is 5. The quantitative estimate of drug-likeness (QED) is 0.617. The molecule has 9 heteroatoms. The van der Waals surface area contributed by atoms with E-state index in [9.17, 15) is 14.9 Å². The number of nitro groups is 1. The molecule has 0 bridgehead atoms. The van der Waals surface area contributed by atoms with Crippen molar-refractivity contribution in [1.82, 2.24) is 24.9 Å². The van der Waals surface area contributed by atoms with Crippen LogP contribution < -0.4 is 5.32 Å². The Morgan fingerprint density at radius 2 is 2.16 bits per heavy atom. The molecule has 0 fully saturated rings. The number of hydrogen-bond donors (Lipinski definition) is 1. The van der Waals surface area contributed by atoms with Crippen molar-refractivity contribution >= 4 is 11.6 Å². The highest BCUT2D eigenvalue weighted by atomic mass is 16.6. The first-order valence-corrected chi connectivity index (χ1v) is 5.42. The Hall–Kier alpha value is -2.71. The molecule has 0 unspecified atom stereocenters. The number of rotatable bonds is 4. The fourth-order valence-corrected chi connectivity index (χ4v) is 1.65. The summed E-state index contributed by atoms with van der Waals surface area (Å²) in [7, 11) is 3.22. The second-order valence-electron chi connectivity index (χ2n) is 3.89. The highest BCUT2D eigenvalue weighted by Gasteiger charge is 2.25. The molecule has 9 nitrogen and oxygen atoms in total. The first-order valence-electron chi connectivity index (χ1n) is 5.42. The summed E-state index contributed by atoms with van der Waals surface area (Å²) in [5.74, 6) is -0.548. The van der Waals surface area contributed by atoms with Crippen molar-refractivity contribution in [2.45, 2.75) is 6.54 Å². The third kappa shape index (κ3) is 2.44. The number of carbonyl (C=O) groups is 1. The molecule has 1 N–H and O–H groups in total. The normalized spacial score (nSPS) is 10.4. The van der Waals surface area contributed by atoms with Gasteiger partial charge in [0.2, 0.25) is 5.69 Å². The van der Waals surface area contributed by atoms with Gasteiger partial charge in [-0.05, 0) is 6.07 Å². The summed E-state index contributed by atoms with van der Waals surface area (Å²) in [6.45, 7) is 0.234. The van der Waals surface area contributed by atoms with Gasteiger partial charge < -0.3 is 5.32 Å². The van der Waals surface area contributed by atoms with E-state index in [1.165, 1.54) is 11.7 Å². The SMILES string of the molecule is Cn1nccc1CNC(=O)c1c([N+](=O)[O-])cnn1C. The molecule has 2 aromatic heterocycles. The second-order valence-corrected chi connectivity index (χ2v) is 3.89. The maximum atomic E-state index is 12.0. The molecular weight excluding hydrogens is 252 g/mol. The van der Waals surface area contributed by atoms with E-state index in [2.05, 4.69) is 15.5 Å². The zero-order valence-corrected chi connectivity index (χ0v) is 10.4. The molecule has 2 rings (SSSR count). The molecule has 0 saturated carbocycles. The van der Waals surface area contributed by atoms with Crippen molar-refractivity contribution in [3.8, 4) is 0 Å². The minimum Gasteiger partial charge on any atom is -0.345 e. The number of aromatic nitrogens is 4. The minimum absolute atomic E-state index is 0.0767. The van der Waals surface area contributed by atoms with E-state index in [4.69, 9.17) is 0 Å². The molecule has 2 heterocycles. The number of nitrogens with zero attached hydrogens (tertiary/aromatic N) is 5. The molecule has 0 spiro atoms. The zero-order chi connectivity index (χ0) is 14.0. The summed E-state index contributed by atoms with van der Waals surface area (Å²) in [5, 5.41) is 21.1. The lowest BCUT2D eigenvalue weighted by atomic mass is 10.3. The van der Waals surface area contributed by atoms with Gasteiger partial charge in [-0.15, -0.1) is 0 Å². The standard InChI is InChI=1S/C10H12N6O3/c1-14-7(3-4-12-14)5-11-10(17)9-8(16(18)19)6-13-15(9)2/h3-4,6H,5H2,1-2H3,(H,11,17). The van der Waals surface area contributed by atoms with Gasteiger partial charge in [0.25, 0.3) is 5.91 Å². The van der Waals surface area contributed by atoms with Gasteiger partial charge in [0.1, 0.15) is 6.20 Å². The van der Waals surface area contributed by atoms with Crippen molar-refractivity contribution in [2.75, 3.05) is 0 Å². The monoisotopic (exact) mass is 264 g/mol. The number of amides is 1. The highest BCUT2D eigenvalue weighted by Crippen LogP contribution is 2.16. The van der Waals surface area contributed by atoms with Crippen LogP contribution in [0, 0.1) is 10.1 Å². The Morgan fingerprint density at radius 3 is 2.74 bits per heavy atom. The smallest absolute Gasteiger partial charge is 0.320 e. The van der Waals surface area contributed by atoms with Crippen molar-refractivity contribution < 1.29 is 9.72 Å². The first kappa shape index (κ1) is 12.7. The summed E-state index contributed by atoms with van der Waals surface area (Å²) < 4.78 is 2.79. The van der Waals surface area contributed by atoms with E-state index in [0.29, 0.717) is 0 Å². The minimum atomic E-state index is -0.633. The fourth-order valence-electron chi connectivity index (χ4n) is 1.65. The Morgan fingerprint density at radius 1 is 1.42 bits per heavy atom. The van der Waals surface area contributed by atoms with Crippen LogP contribution in [-0.2, 0) is 20.6 Å². The lowest BCUT2D eigenvalue weighted by Gasteiger charge is -2.05. The van der Waals surface area contributed by atoms with Crippen molar-refractivity contribution in [3.05, 3.63) is 40.0 Å². The molecule has 0 aliphatic carbocycles. The average Bonchev–Trinajstić information content (AvgIpc) is 2.92. The maximum Gasteiger partial charge on any atom is 0.320 e. The fraction of sp³-hybridized carbons (Fsp3) is 0.300. The van der Waals surface area contributed by atoms with Gasteiger partial charge in [0.05, 0.1) is 17.2 Å². The van der Waals surface area contributed by atoms with Crippen LogP contribution in [-0.4, -0.2) is 30.4 Å². The summed E-state index contributed by atoms with van der Waals surface area (Å²) in [5.41, 5.74) is 0.398. The number of nitrogens with one attached hydrogen (secondary N) is 1. The maximum absolute atomic E-state index is 12.0. The van der Waals surface area contributed by atoms with Gasteiger partial charge in [0, 0.05) is 20.3 Å². The Labute approximate surface area is 108 Å². The van der Waals surface area contributed by atoms with Gasteiger partial charge in [-0.2, -0.15) is 10.2 Å². The van der Waals surface area contributed by atoms with Crippen LogP contribution >= 0.6 is 0 Å². The van der Waals surface area contributed by atoms with Crippen molar-refractivity contribution in [2.24, 2.45) is 14.1 Å². The molecule has 0 radical (unpaired) electrons. The van der Waals surface area contributed by atoms with Crippen molar-refractivity contribution in [3.63, 3.8) is 0 Å². The Kier molecular flexibility index (Phi) is 3.27.